The van der Waals surface area contributed by atoms with E-state index in [1.165, 1.54) is 19.3 Å². The number of hydrogen-bond donors (Lipinski definition) is 1. The maximum absolute atomic E-state index is 11.0. The Labute approximate surface area is 128 Å². The molecule has 3 heteroatoms. The van der Waals surface area contributed by atoms with Gasteiger partial charge >= 0.3 is 0 Å². The zero-order valence-electron chi connectivity index (χ0n) is 13.1. The molecule has 1 saturated carbocycles. The van der Waals surface area contributed by atoms with Crippen LogP contribution in [0.1, 0.15) is 50.5 Å². The molecule has 21 heavy (non-hydrogen) atoms. The monoisotopic (exact) mass is 288 g/mol. The van der Waals surface area contributed by atoms with Crippen molar-refractivity contribution in [3.8, 4) is 0 Å². The molecule has 3 nitrogen and oxygen atoms in total. The molecule has 2 fully saturated rings. The molecule has 2 unspecified atom stereocenters. The van der Waals surface area contributed by atoms with E-state index in [1.54, 1.807) is 5.56 Å². The number of likely N-dealkylation sites (tertiary alicyclic amines) is 1. The first-order valence-corrected chi connectivity index (χ1v) is 8.29. The standard InChI is InChI=1S/C11H14.C7H14N2O/c1-2-9-8-11(9)10-6-4-3-5-7-10;8-6-7(10)9-4-2-1-3-5-9/h3-7,9,11H,2,8H2,1H3;1-6,8H2. The van der Waals surface area contributed by atoms with E-state index >= 15 is 0 Å². The number of nitrogens with zero attached hydrogens (tertiary/aromatic N) is 1. The third-order valence-corrected chi connectivity index (χ3v) is 4.56. The van der Waals surface area contributed by atoms with Gasteiger partial charge in [0.1, 0.15) is 0 Å². The Morgan fingerprint density at radius 1 is 1.19 bits per heavy atom. The van der Waals surface area contributed by atoms with Gasteiger partial charge in [0.05, 0.1) is 6.54 Å². The molecule has 1 aromatic carbocycles. The summed E-state index contributed by atoms with van der Waals surface area (Å²) >= 11 is 0. The van der Waals surface area contributed by atoms with Gasteiger partial charge in [-0.3, -0.25) is 4.79 Å². The van der Waals surface area contributed by atoms with Crippen molar-refractivity contribution in [2.75, 3.05) is 19.6 Å². The van der Waals surface area contributed by atoms with Crippen LogP contribution in [0.15, 0.2) is 30.3 Å². The molecule has 1 aromatic rings. The summed E-state index contributed by atoms with van der Waals surface area (Å²) in [5, 5.41) is 0. The highest BCUT2D eigenvalue weighted by atomic mass is 16.2. The Hall–Kier alpha value is -1.35. The van der Waals surface area contributed by atoms with E-state index in [4.69, 9.17) is 5.73 Å². The van der Waals surface area contributed by atoms with Crippen molar-refractivity contribution < 1.29 is 4.79 Å². The molecule has 0 radical (unpaired) electrons. The first-order chi connectivity index (χ1) is 10.3. The first-order valence-electron chi connectivity index (χ1n) is 8.29. The minimum absolute atomic E-state index is 0.0969. The highest BCUT2D eigenvalue weighted by molar-refractivity contribution is 5.78. The van der Waals surface area contributed by atoms with Gasteiger partial charge in [0.25, 0.3) is 0 Å². The molecule has 1 heterocycles. The molecular formula is C18H28N2O. The SMILES string of the molecule is CCC1CC1c1ccccc1.NCC(=O)N1CCCCC1. The number of nitrogens with two attached hydrogens (primary N) is 1. The summed E-state index contributed by atoms with van der Waals surface area (Å²) < 4.78 is 0. The Bertz CT molecular complexity index is 426. The van der Waals surface area contributed by atoms with Crippen LogP contribution in [0.3, 0.4) is 0 Å². The summed E-state index contributed by atoms with van der Waals surface area (Å²) in [7, 11) is 0. The number of piperidine rings is 1. The van der Waals surface area contributed by atoms with Gasteiger partial charge in [-0.2, -0.15) is 0 Å². The summed E-state index contributed by atoms with van der Waals surface area (Å²) in [6.45, 7) is 4.28. The molecular weight excluding hydrogens is 260 g/mol. The van der Waals surface area contributed by atoms with Crippen molar-refractivity contribution in [1.82, 2.24) is 4.90 Å². The fraction of sp³-hybridized carbons (Fsp3) is 0.611. The summed E-state index contributed by atoms with van der Waals surface area (Å²) in [5.41, 5.74) is 6.75. The van der Waals surface area contributed by atoms with Crippen molar-refractivity contribution >= 4 is 5.91 Å². The third-order valence-electron chi connectivity index (χ3n) is 4.56. The third kappa shape index (κ3) is 4.85. The number of carbonyl (C=O) groups is 1. The quantitative estimate of drug-likeness (QED) is 0.928. The largest absolute Gasteiger partial charge is 0.342 e. The molecule has 0 bridgehead atoms. The van der Waals surface area contributed by atoms with Crippen molar-refractivity contribution in [3.05, 3.63) is 35.9 Å². The van der Waals surface area contributed by atoms with Crippen molar-refractivity contribution in [3.63, 3.8) is 0 Å². The van der Waals surface area contributed by atoms with E-state index in [0.29, 0.717) is 0 Å². The van der Waals surface area contributed by atoms with Gasteiger partial charge in [0.15, 0.2) is 0 Å². The number of hydrogen-bond acceptors (Lipinski definition) is 2. The van der Waals surface area contributed by atoms with Gasteiger partial charge in [-0.25, -0.2) is 0 Å². The summed E-state index contributed by atoms with van der Waals surface area (Å²) in [4.78, 5) is 12.8. The lowest BCUT2D eigenvalue weighted by Gasteiger charge is -2.25. The van der Waals surface area contributed by atoms with Gasteiger partial charge in [-0.15, -0.1) is 0 Å². The molecule has 1 aliphatic heterocycles. The van der Waals surface area contributed by atoms with Crippen LogP contribution in [0.25, 0.3) is 0 Å². The van der Waals surface area contributed by atoms with Gasteiger partial charge < -0.3 is 10.6 Å². The predicted octanol–water partition coefficient (Wildman–Crippen LogP) is 3.16. The van der Waals surface area contributed by atoms with Crippen molar-refractivity contribution in [1.29, 1.82) is 0 Å². The molecule has 1 saturated heterocycles. The van der Waals surface area contributed by atoms with Crippen molar-refractivity contribution in [2.45, 2.75) is 44.9 Å². The Kier molecular flexibility index (Phi) is 6.24. The molecule has 2 atom stereocenters. The lowest BCUT2D eigenvalue weighted by atomic mass is 10.1. The van der Waals surface area contributed by atoms with Gasteiger partial charge in [-0.05, 0) is 43.1 Å². The lowest BCUT2D eigenvalue weighted by molar-refractivity contribution is -0.130. The summed E-state index contributed by atoms with van der Waals surface area (Å²) in [5.74, 6) is 1.97. The summed E-state index contributed by atoms with van der Waals surface area (Å²) in [6, 6.07) is 10.9. The van der Waals surface area contributed by atoms with Crippen LogP contribution in [-0.4, -0.2) is 30.4 Å². The van der Waals surface area contributed by atoms with Crippen LogP contribution in [0.4, 0.5) is 0 Å². The number of amides is 1. The van der Waals surface area contributed by atoms with Gasteiger partial charge in [0, 0.05) is 13.1 Å². The fourth-order valence-corrected chi connectivity index (χ4v) is 3.08. The highest BCUT2D eigenvalue weighted by Gasteiger charge is 2.35. The van der Waals surface area contributed by atoms with E-state index in [-0.39, 0.29) is 12.5 Å². The normalized spacial score (nSPS) is 24.0. The summed E-state index contributed by atoms with van der Waals surface area (Å²) in [6.07, 6.45) is 6.31. The van der Waals surface area contributed by atoms with Crippen LogP contribution >= 0.6 is 0 Å². The Morgan fingerprint density at radius 2 is 1.86 bits per heavy atom. The molecule has 1 amide bonds. The smallest absolute Gasteiger partial charge is 0.236 e. The average molecular weight is 288 g/mol. The maximum atomic E-state index is 11.0. The van der Waals surface area contributed by atoms with Crippen LogP contribution in [0.5, 0.6) is 0 Å². The van der Waals surface area contributed by atoms with E-state index in [2.05, 4.69) is 37.3 Å². The molecule has 3 rings (SSSR count). The van der Waals surface area contributed by atoms with Gasteiger partial charge in [0.2, 0.25) is 5.91 Å². The first kappa shape index (κ1) is 16.0. The van der Waals surface area contributed by atoms with Gasteiger partial charge in [-0.1, -0.05) is 43.7 Å². The van der Waals surface area contributed by atoms with Crippen LogP contribution in [-0.2, 0) is 4.79 Å². The number of benzene rings is 1. The number of carbonyl (C=O) groups excluding carboxylic acids is 1. The zero-order valence-corrected chi connectivity index (χ0v) is 13.1. The second-order valence-electron chi connectivity index (χ2n) is 6.07. The van der Waals surface area contributed by atoms with Crippen LogP contribution in [0, 0.1) is 5.92 Å². The van der Waals surface area contributed by atoms with Crippen molar-refractivity contribution in [2.24, 2.45) is 11.7 Å². The average Bonchev–Trinajstić information content (AvgIpc) is 3.36. The second-order valence-corrected chi connectivity index (χ2v) is 6.07. The molecule has 0 spiro atoms. The van der Waals surface area contributed by atoms with E-state index < -0.39 is 0 Å². The predicted molar refractivity (Wildman–Crippen MR) is 87.1 cm³/mol. The van der Waals surface area contributed by atoms with E-state index in [1.807, 2.05) is 4.90 Å². The second kappa shape index (κ2) is 8.18. The minimum atomic E-state index is 0.0969. The molecule has 116 valence electrons. The molecule has 0 aromatic heterocycles. The highest BCUT2D eigenvalue weighted by Crippen LogP contribution is 2.49. The van der Waals surface area contributed by atoms with E-state index in [0.717, 1.165) is 37.8 Å². The minimum Gasteiger partial charge on any atom is -0.342 e. The van der Waals surface area contributed by atoms with Crippen LogP contribution in [0.2, 0.25) is 0 Å². The molecule has 1 aliphatic carbocycles. The number of rotatable bonds is 3. The topological polar surface area (TPSA) is 46.3 Å². The zero-order chi connectivity index (χ0) is 15.1. The molecule has 2 N–H and O–H groups in total. The lowest BCUT2D eigenvalue weighted by Crippen LogP contribution is -2.39. The fourth-order valence-electron chi connectivity index (χ4n) is 3.08. The maximum Gasteiger partial charge on any atom is 0.236 e. The van der Waals surface area contributed by atoms with Crippen LogP contribution < -0.4 is 5.73 Å². The van der Waals surface area contributed by atoms with E-state index in [9.17, 15) is 4.79 Å². The Morgan fingerprint density at radius 3 is 2.38 bits per heavy atom. The molecule has 2 aliphatic rings. The Balaban J connectivity index is 0.000000155.